The molecule has 0 saturated heterocycles. The second kappa shape index (κ2) is 6.89. The number of nitrogens with one attached hydrogen (secondary N) is 1. The van der Waals surface area contributed by atoms with E-state index in [0.717, 1.165) is 0 Å². The van der Waals surface area contributed by atoms with Gasteiger partial charge in [0.05, 0.1) is 5.75 Å². The molecule has 0 saturated carbocycles. The van der Waals surface area contributed by atoms with Crippen molar-refractivity contribution in [2.24, 2.45) is 0 Å². The maximum atomic E-state index is 11.3. The number of amides is 1. The second-order valence-electron chi connectivity index (χ2n) is 3.00. The Morgan fingerprint density at radius 3 is 2.94 bits per heavy atom. The molecule has 0 spiro atoms. The summed E-state index contributed by atoms with van der Waals surface area (Å²) < 4.78 is 1.53. The minimum absolute atomic E-state index is 0.0645. The van der Waals surface area contributed by atoms with Crippen molar-refractivity contribution in [3.05, 3.63) is 18.5 Å². The van der Waals surface area contributed by atoms with Gasteiger partial charge in [0, 0.05) is 24.7 Å². The van der Waals surface area contributed by atoms with Gasteiger partial charge in [0.1, 0.15) is 6.54 Å². The van der Waals surface area contributed by atoms with Gasteiger partial charge in [0.25, 0.3) is 0 Å². The van der Waals surface area contributed by atoms with Crippen LogP contribution in [0.4, 0.5) is 0 Å². The van der Waals surface area contributed by atoms with Crippen molar-refractivity contribution in [1.29, 1.82) is 0 Å². The van der Waals surface area contributed by atoms with E-state index in [0.29, 0.717) is 12.3 Å². The summed E-state index contributed by atoms with van der Waals surface area (Å²) in [5.74, 6) is -0.306. The SMILES string of the molecule is O=C(O)CSCCNC(=O)Cn1cccn1. The Bertz CT molecular complexity index is 340. The van der Waals surface area contributed by atoms with E-state index in [4.69, 9.17) is 5.11 Å². The Morgan fingerprint density at radius 1 is 1.50 bits per heavy atom. The number of aliphatic carboxylic acids is 1. The summed E-state index contributed by atoms with van der Waals surface area (Å²) in [7, 11) is 0. The summed E-state index contributed by atoms with van der Waals surface area (Å²) in [6, 6.07) is 1.75. The molecule has 1 aromatic rings. The van der Waals surface area contributed by atoms with Crippen LogP contribution in [0.2, 0.25) is 0 Å². The number of hydrogen-bond acceptors (Lipinski definition) is 4. The summed E-state index contributed by atoms with van der Waals surface area (Å²) in [6.45, 7) is 0.661. The van der Waals surface area contributed by atoms with Crippen LogP contribution < -0.4 is 5.32 Å². The standard InChI is InChI=1S/C9H13N3O3S/c13-8(6-12-4-1-2-11-12)10-3-5-16-7-9(14)15/h1-2,4H,3,5-7H2,(H,10,13)(H,14,15). The minimum Gasteiger partial charge on any atom is -0.481 e. The monoisotopic (exact) mass is 243 g/mol. The van der Waals surface area contributed by atoms with Crippen molar-refractivity contribution in [2.75, 3.05) is 18.1 Å². The molecule has 6 nitrogen and oxygen atoms in total. The van der Waals surface area contributed by atoms with Gasteiger partial charge in [-0.3, -0.25) is 14.3 Å². The third kappa shape index (κ3) is 5.40. The van der Waals surface area contributed by atoms with E-state index in [1.807, 2.05) is 0 Å². The lowest BCUT2D eigenvalue weighted by Gasteiger charge is -2.04. The number of carbonyl (C=O) groups excluding carboxylic acids is 1. The Kier molecular flexibility index (Phi) is 5.41. The number of thioether (sulfide) groups is 1. The summed E-state index contributed by atoms with van der Waals surface area (Å²) >= 11 is 1.27. The highest BCUT2D eigenvalue weighted by molar-refractivity contribution is 7.99. The highest BCUT2D eigenvalue weighted by Gasteiger charge is 2.02. The van der Waals surface area contributed by atoms with Crippen LogP contribution in [0.25, 0.3) is 0 Å². The average molecular weight is 243 g/mol. The summed E-state index contributed by atoms with van der Waals surface area (Å²) in [4.78, 5) is 21.5. The molecule has 0 fully saturated rings. The van der Waals surface area contributed by atoms with Crippen molar-refractivity contribution in [3.63, 3.8) is 0 Å². The van der Waals surface area contributed by atoms with Gasteiger partial charge >= 0.3 is 5.97 Å². The van der Waals surface area contributed by atoms with Gasteiger partial charge < -0.3 is 10.4 Å². The van der Waals surface area contributed by atoms with E-state index in [1.54, 1.807) is 18.5 Å². The molecule has 0 radical (unpaired) electrons. The van der Waals surface area contributed by atoms with Crippen LogP contribution in [0.3, 0.4) is 0 Å². The molecule has 7 heteroatoms. The molecule has 2 N–H and O–H groups in total. The molecule has 0 bridgehead atoms. The van der Waals surface area contributed by atoms with Gasteiger partial charge in [-0.15, -0.1) is 11.8 Å². The van der Waals surface area contributed by atoms with Gasteiger partial charge in [-0.2, -0.15) is 5.10 Å². The molecule has 88 valence electrons. The Hall–Kier alpha value is -1.50. The molecule has 1 rings (SSSR count). The van der Waals surface area contributed by atoms with Gasteiger partial charge in [-0.05, 0) is 6.07 Å². The first-order chi connectivity index (χ1) is 7.68. The Balaban J connectivity index is 2.05. The predicted molar refractivity (Wildman–Crippen MR) is 60.2 cm³/mol. The van der Waals surface area contributed by atoms with Crippen LogP contribution in [-0.4, -0.2) is 44.8 Å². The molecular weight excluding hydrogens is 230 g/mol. The summed E-state index contributed by atoms with van der Waals surface area (Å²) in [6.07, 6.45) is 3.31. The predicted octanol–water partition coefficient (Wildman–Crippen LogP) is -0.183. The van der Waals surface area contributed by atoms with E-state index in [9.17, 15) is 9.59 Å². The highest BCUT2D eigenvalue weighted by Crippen LogP contribution is 1.96. The molecular formula is C9H13N3O3S. The number of aromatic nitrogens is 2. The molecule has 0 unspecified atom stereocenters. The van der Waals surface area contributed by atoms with E-state index >= 15 is 0 Å². The minimum atomic E-state index is -0.840. The van der Waals surface area contributed by atoms with E-state index < -0.39 is 5.97 Å². The smallest absolute Gasteiger partial charge is 0.313 e. The maximum absolute atomic E-state index is 11.3. The van der Waals surface area contributed by atoms with Crippen LogP contribution in [-0.2, 0) is 16.1 Å². The van der Waals surface area contributed by atoms with Crippen molar-refractivity contribution in [1.82, 2.24) is 15.1 Å². The lowest BCUT2D eigenvalue weighted by Crippen LogP contribution is -2.29. The molecule has 0 aliphatic heterocycles. The quantitative estimate of drug-likeness (QED) is 0.649. The van der Waals surface area contributed by atoms with Gasteiger partial charge in [0.2, 0.25) is 5.91 Å². The van der Waals surface area contributed by atoms with Crippen LogP contribution in [0.1, 0.15) is 0 Å². The maximum Gasteiger partial charge on any atom is 0.313 e. The third-order valence-corrected chi connectivity index (χ3v) is 2.60. The van der Waals surface area contributed by atoms with Crippen molar-refractivity contribution >= 4 is 23.6 Å². The normalized spacial score (nSPS) is 10.0. The van der Waals surface area contributed by atoms with Gasteiger partial charge in [-0.25, -0.2) is 0 Å². The first kappa shape index (κ1) is 12.6. The third-order valence-electron chi connectivity index (χ3n) is 1.66. The second-order valence-corrected chi connectivity index (χ2v) is 4.11. The molecule has 0 aliphatic rings. The van der Waals surface area contributed by atoms with Crippen LogP contribution in [0.15, 0.2) is 18.5 Å². The Labute approximate surface area is 97.0 Å². The number of hydrogen-bond donors (Lipinski definition) is 2. The van der Waals surface area contributed by atoms with E-state index in [-0.39, 0.29) is 18.2 Å². The van der Waals surface area contributed by atoms with Crippen molar-refractivity contribution < 1.29 is 14.7 Å². The van der Waals surface area contributed by atoms with Crippen LogP contribution in [0, 0.1) is 0 Å². The van der Waals surface area contributed by atoms with E-state index in [1.165, 1.54) is 16.4 Å². The van der Waals surface area contributed by atoms with Gasteiger partial charge in [-0.1, -0.05) is 0 Å². The number of carboxylic acid groups (broad SMARTS) is 1. The lowest BCUT2D eigenvalue weighted by atomic mass is 10.5. The van der Waals surface area contributed by atoms with Gasteiger partial charge in [0.15, 0.2) is 0 Å². The fourth-order valence-electron chi connectivity index (χ4n) is 1.02. The Morgan fingerprint density at radius 2 is 2.31 bits per heavy atom. The summed E-state index contributed by atoms with van der Waals surface area (Å²) in [5, 5.41) is 15.0. The molecule has 0 aliphatic carbocycles. The zero-order valence-electron chi connectivity index (χ0n) is 8.63. The number of rotatable bonds is 7. The largest absolute Gasteiger partial charge is 0.481 e. The number of nitrogens with zero attached hydrogens (tertiary/aromatic N) is 2. The average Bonchev–Trinajstić information content (AvgIpc) is 2.69. The fraction of sp³-hybridized carbons (Fsp3) is 0.444. The molecule has 16 heavy (non-hydrogen) atoms. The number of carboxylic acids is 1. The summed E-state index contributed by atoms with van der Waals surface area (Å²) in [5.41, 5.74) is 0. The van der Waals surface area contributed by atoms with Crippen molar-refractivity contribution in [3.8, 4) is 0 Å². The molecule has 1 amide bonds. The first-order valence-electron chi connectivity index (χ1n) is 4.72. The molecule has 0 atom stereocenters. The lowest BCUT2D eigenvalue weighted by molar-refractivity contribution is -0.133. The van der Waals surface area contributed by atoms with E-state index in [2.05, 4.69) is 10.4 Å². The zero-order chi connectivity index (χ0) is 11.8. The first-order valence-corrected chi connectivity index (χ1v) is 5.87. The molecule has 1 aromatic heterocycles. The topological polar surface area (TPSA) is 84.2 Å². The van der Waals surface area contributed by atoms with Crippen molar-refractivity contribution in [2.45, 2.75) is 6.54 Å². The molecule has 1 heterocycles. The highest BCUT2D eigenvalue weighted by atomic mass is 32.2. The number of carbonyl (C=O) groups is 2. The molecule has 0 aromatic carbocycles. The van der Waals surface area contributed by atoms with Crippen LogP contribution in [0.5, 0.6) is 0 Å². The van der Waals surface area contributed by atoms with Crippen LogP contribution >= 0.6 is 11.8 Å². The fourth-order valence-corrected chi connectivity index (χ4v) is 1.58. The zero-order valence-corrected chi connectivity index (χ0v) is 9.44.